The van der Waals surface area contributed by atoms with Crippen molar-refractivity contribution in [2.45, 2.75) is 112 Å². The summed E-state index contributed by atoms with van der Waals surface area (Å²) in [5.41, 5.74) is 0.423. The number of allylic oxidation sites excluding steroid dienone is 5. The van der Waals surface area contributed by atoms with E-state index in [4.69, 9.17) is 0 Å². The van der Waals surface area contributed by atoms with Gasteiger partial charge in [0.05, 0.1) is 5.57 Å². The Bertz CT molecular complexity index is 1310. The van der Waals surface area contributed by atoms with Gasteiger partial charge in [-0.3, -0.25) is 14.5 Å². The van der Waals surface area contributed by atoms with Gasteiger partial charge in [0.2, 0.25) is 0 Å². The van der Waals surface area contributed by atoms with Crippen molar-refractivity contribution in [3.63, 3.8) is 0 Å². The van der Waals surface area contributed by atoms with Gasteiger partial charge in [0.25, 0.3) is 0 Å². The fourth-order valence-electron chi connectivity index (χ4n) is 11.4. The first kappa shape index (κ1) is 29.1. The molecule has 0 aromatic heterocycles. The highest BCUT2D eigenvalue weighted by Gasteiger charge is 2.69. The van der Waals surface area contributed by atoms with Crippen LogP contribution in [0.25, 0.3) is 0 Å². The molecule has 0 aromatic rings. The van der Waals surface area contributed by atoms with Crippen molar-refractivity contribution in [2.24, 2.45) is 50.2 Å². The van der Waals surface area contributed by atoms with Crippen molar-refractivity contribution in [2.75, 3.05) is 13.6 Å². The lowest BCUT2D eigenvalue weighted by Gasteiger charge is -2.69. The topological polar surface area (TPSA) is 61.2 Å². The van der Waals surface area contributed by atoms with E-state index in [1.54, 1.807) is 0 Å². The summed E-state index contributed by atoms with van der Waals surface area (Å²) in [6.45, 7) is 17.1. The van der Waals surface area contributed by atoms with Crippen LogP contribution in [-0.2, 0) is 9.59 Å². The lowest BCUT2D eigenvalue weighted by molar-refractivity contribution is -0.164. The van der Waals surface area contributed by atoms with Crippen LogP contribution >= 0.6 is 0 Å². The van der Waals surface area contributed by atoms with E-state index in [9.17, 15) is 14.9 Å². The molecule has 1 unspecified atom stereocenters. The zero-order valence-corrected chi connectivity index (χ0v) is 26.9. The molecule has 4 nitrogen and oxygen atoms in total. The van der Waals surface area contributed by atoms with E-state index < -0.39 is 10.8 Å². The number of likely N-dealkylation sites (tertiary alicyclic amines) is 1. The van der Waals surface area contributed by atoms with E-state index in [-0.39, 0.29) is 44.9 Å². The summed E-state index contributed by atoms with van der Waals surface area (Å²) >= 11 is 0. The van der Waals surface area contributed by atoms with Crippen molar-refractivity contribution in [1.29, 1.82) is 5.26 Å². The van der Waals surface area contributed by atoms with Crippen LogP contribution in [0.2, 0.25) is 0 Å². The fraction of sp³-hybridized carbons (Fsp3) is 0.757. The van der Waals surface area contributed by atoms with Gasteiger partial charge in [-0.05, 0) is 111 Å². The third-order valence-corrected chi connectivity index (χ3v) is 14.2. The number of carbonyl (C=O) groups excluding carboxylic acids is 2. The molecule has 6 aliphatic rings. The molecule has 0 spiro atoms. The van der Waals surface area contributed by atoms with Crippen LogP contribution in [0, 0.1) is 61.6 Å². The molecule has 0 aromatic carbocycles. The number of hydrogen-bond acceptors (Lipinski definition) is 4. The maximum atomic E-state index is 14.7. The Balaban J connectivity index is 1.47. The number of rotatable bonds is 2. The normalized spacial score (nSPS) is 47.0. The summed E-state index contributed by atoms with van der Waals surface area (Å²) in [5, 5.41) is 9.97. The van der Waals surface area contributed by atoms with Crippen molar-refractivity contribution in [1.82, 2.24) is 4.90 Å². The minimum atomic E-state index is -0.620. The van der Waals surface area contributed by atoms with Gasteiger partial charge < -0.3 is 0 Å². The highest BCUT2D eigenvalue weighted by molar-refractivity contribution is 6.04. The Kier molecular flexibility index (Phi) is 6.40. The monoisotopic (exact) mass is 556 g/mol. The van der Waals surface area contributed by atoms with Crippen LogP contribution in [0.3, 0.4) is 0 Å². The molecule has 41 heavy (non-hydrogen) atoms. The maximum absolute atomic E-state index is 14.7. The van der Waals surface area contributed by atoms with E-state index in [0.29, 0.717) is 17.7 Å². The van der Waals surface area contributed by atoms with Crippen molar-refractivity contribution < 1.29 is 9.59 Å². The minimum Gasteiger partial charge on any atom is -0.300 e. The summed E-state index contributed by atoms with van der Waals surface area (Å²) in [5.74, 6) is 0.712. The number of fused-ring (bicyclic) bond motifs is 7. The molecule has 5 aliphatic carbocycles. The second-order valence-corrected chi connectivity index (χ2v) is 17.0. The highest BCUT2D eigenvalue weighted by Crippen LogP contribution is 2.74. The number of ketones is 2. The summed E-state index contributed by atoms with van der Waals surface area (Å²) in [6, 6.07) is 2.75. The number of nitrogens with zero attached hydrogens (tertiary/aromatic N) is 2. The van der Waals surface area contributed by atoms with E-state index >= 15 is 0 Å². The van der Waals surface area contributed by atoms with Crippen LogP contribution < -0.4 is 0 Å². The molecule has 4 fully saturated rings. The fourth-order valence-corrected chi connectivity index (χ4v) is 11.4. The largest absolute Gasteiger partial charge is 0.300 e. The number of likely N-dealkylation sites (N-methyl/N-ethyl adjacent to an activating group) is 1. The van der Waals surface area contributed by atoms with Gasteiger partial charge in [0, 0.05) is 22.8 Å². The summed E-state index contributed by atoms with van der Waals surface area (Å²) < 4.78 is 0. The lowest BCUT2D eigenvalue weighted by Crippen LogP contribution is -2.64. The molecule has 0 N–H and O–H groups in total. The Morgan fingerprint density at radius 2 is 1.68 bits per heavy atom. The molecule has 0 radical (unpaired) electrons. The molecule has 4 heteroatoms. The number of carbonyl (C=O) groups is 2. The Morgan fingerprint density at radius 1 is 0.976 bits per heavy atom. The van der Waals surface area contributed by atoms with Crippen LogP contribution in [0.1, 0.15) is 106 Å². The first-order valence-electron chi connectivity index (χ1n) is 16.4. The van der Waals surface area contributed by atoms with Crippen LogP contribution in [0.5, 0.6) is 0 Å². The average Bonchev–Trinajstić information content (AvgIpc) is 3.31. The number of hydrogen-bond donors (Lipinski definition) is 0. The first-order valence-corrected chi connectivity index (χ1v) is 16.4. The molecule has 8 atom stereocenters. The SMILES string of the molecule is CN1CCCC1/C=C/[C@]12CCC(C)(C)C[C@H]1[C@H]1C(=O)C=C3[C@@]4(C)C=C(C#N)C(=O)C(C)(C)[C@@H]4CC[C@@]3(C)[C@]1(C)CC2. The predicted molar refractivity (Wildman–Crippen MR) is 164 cm³/mol. The van der Waals surface area contributed by atoms with Crippen LogP contribution in [0.4, 0.5) is 0 Å². The Labute approximate surface area is 248 Å². The van der Waals surface area contributed by atoms with Crippen molar-refractivity contribution >= 4 is 11.6 Å². The number of nitriles is 1. The molecule has 6 rings (SSSR count). The van der Waals surface area contributed by atoms with E-state index in [1.807, 2.05) is 26.0 Å². The number of Topliss-reactive ketones (excluding diaryl/α,β-unsaturated/α-hetero) is 1. The van der Waals surface area contributed by atoms with Crippen molar-refractivity contribution in [3.8, 4) is 6.07 Å². The second-order valence-electron chi connectivity index (χ2n) is 17.0. The second kappa shape index (κ2) is 9.01. The van der Waals surface area contributed by atoms with Gasteiger partial charge >= 0.3 is 0 Å². The molecule has 1 saturated heterocycles. The van der Waals surface area contributed by atoms with E-state index in [0.717, 1.165) is 32.1 Å². The summed E-state index contributed by atoms with van der Waals surface area (Å²) in [6.07, 6.45) is 19.3. The standard InChI is InChI=1S/C37H52N2O2/c1-32(2)15-17-37(14-11-25-10-9-19-39(25)8)18-16-36(7)30(26(37)22-32)27(40)20-29-34(5)21-24(23-38)31(41)33(3,4)28(34)12-13-35(29,36)6/h11,14,20-21,25-26,28,30H,9-10,12-13,15-19,22H2,1-8H3/b14-11+/t25?,26-,28-,30-,34-,35+,36+,37+/m0/s1. The van der Waals surface area contributed by atoms with E-state index in [2.05, 4.69) is 64.8 Å². The van der Waals surface area contributed by atoms with Gasteiger partial charge in [-0.15, -0.1) is 0 Å². The molecule has 0 amide bonds. The Hall–Kier alpha value is -1.99. The lowest BCUT2D eigenvalue weighted by atomic mass is 9.34. The third-order valence-electron chi connectivity index (χ3n) is 14.2. The molecule has 3 saturated carbocycles. The van der Waals surface area contributed by atoms with Gasteiger partial charge in [-0.2, -0.15) is 5.26 Å². The van der Waals surface area contributed by atoms with Gasteiger partial charge in [0.1, 0.15) is 6.07 Å². The van der Waals surface area contributed by atoms with Gasteiger partial charge in [0.15, 0.2) is 11.6 Å². The molecule has 1 aliphatic heterocycles. The summed E-state index contributed by atoms with van der Waals surface area (Å²) in [7, 11) is 2.25. The predicted octanol–water partition coefficient (Wildman–Crippen LogP) is 7.86. The minimum absolute atomic E-state index is 0.00771. The zero-order chi connectivity index (χ0) is 29.8. The third kappa shape index (κ3) is 3.86. The van der Waals surface area contributed by atoms with Crippen LogP contribution in [-0.4, -0.2) is 36.1 Å². The molecular formula is C37H52N2O2. The summed E-state index contributed by atoms with van der Waals surface area (Å²) in [4.78, 5) is 30.5. The first-order chi connectivity index (χ1) is 19.0. The quantitative estimate of drug-likeness (QED) is 0.325. The smallest absolute Gasteiger partial charge is 0.178 e. The van der Waals surface area contributed by atoms with Crippen molar-refractivity contribution in [3.05, 3.63) is 35.5 Å². The van der Waals surface area contributed by atoms with Gasteiger partial charge in [-0.1, -0.05) is 72.3 Å². The molecular weight excluding hydrogens is 504 g/mol. The molecule has 222 valence electrons. The average molecular weight is 557 g/mol. The maximum Gasteiger partial charge on any atom is 0.178 e. The highest BCUT2D eigenvalue weighted by atomic mass is 16.1. The van der Waals surface area contributed by atoms with E-state index in [1.165, 1.54) is 37.8 Å². The van der Waals surface area contributed by atoms with Crippen LogP contribution in [0.15, 0.2) is 35.5 Å². The van der Waals surface area contributed by atoms with Gasteiger partial charge in [-0.25, -0.2) is 0 Å². The zero-order valence-electron chi connectivity index (χ0n) is 26.9. The molecule has 0 bridgehead atoms. The Morgan fingerprint density at radius 3 is 2.34 bits per heavy atom. The molecule has 1 heterocycles.